The first-order valence-electron chi connectivity index (χ1n) is 12.9. The summed E-state index contributed by atoms with van der Waals surface area (Å²) in [5.41, 5.74) is 2.90. The van der Waals surface area contributed by atoms with Crippen LogP contribution in [-0.4, -0.2) is 43.0 Å². The number of rotatable bonds is 9. The first-order chi connectivity index (χ1) is 16.3. The summed E-state index contributed by atoms with van der Waals surface area (Å²) in [4.78, 5) is 27.1. The zero-order valence-corrected chi connectivity index (χ0v) is 21.2. The van der Waals surface area contributed by atoms with Gasteiger partial charge in [-0.2, -0.15) is 0 Å². The van der Waals surface area contributed by atoms with Crippen LogP contribution >= 0.6 is 0 Å². The molecule has 1 aliphatic heterocycles. The van der Waals surface area contributed by atoms with E-state index in [9.17, 15) is 9.59 Å². The Morgan fingerprint density at radius 3 is 2.76 bits per heavy atom. The molecule has 2 bridgehead atoms. The molecule has 2 amide bonds. The van der Waals surface area contributed by atoms with Crippen molar-refractivity contribution >= 4 is 11.8 Å². The molecule has 0 spiro atoms. The molecule has 1 aromatic carbocycles. The number of ether oxygens (including phenoxy) is 2. The van der Waals surface area contributed by atoms with Gasteiger partial charge in [-0.1, -0.05) is 38.5 Å². The van der Waals surface area contributed by atoms with Crippen LogP contribution in [0.5, 0.6) is 11.5 Å². The maximum absolute atomic E-state index is 12.7. The van der Waals surface area contributed by atoms with Gasteiger partial charge >= 0.3 is 0 Å². The molecule has 34 heavy (non-hydrogen) atoms. The summed E-state index contributed by atoms with van der Waals surface area (Å²) >= 11 is 0. The molecule has 6 heteroatoms. The molecule has 1 saturated heterocycles. The second kappa shape index (κ2) is 10.4. The van der Waals surface area contributed by atoms with E-state index in [0.29, 0.717) is 55.4 Å². The van der Waals surface area contributed by atoms with Crippen LogP contribution in [0.4, 0.5) is 0 Å². The van der Waals surface area contributed by atoms with Crippen molar-refractivity contribution in [3.05, 3.63) is 35.4 Å². The molecule has 0 unspecified atom stereocenters. The summed E-state index contributed by atoms with van der Waals surface area (Å²) < 4.78 is 11.8. The number of fused-ring (bicyclic) bond motifs is 1. The van der Waals surface area contributed by atoms with E-state index in [1.165, 1.54) is 12.8 Å². The van der Waals surface area contributed by atoms with Crippen molar-refractivity contribution in [2.75, 3.05) is 20.3 Å². The molecule has 0 radical (unpaired) electrons. The lowest BCUT2D eigenvalue weighted by Gasteiger charge is -2.56. The predicted molar refractivity (Wildman–Crippen MR) is 133 cm³/mol. The van der Waals surface area contributed by atoms with E-state index in [1.54, 1.807) is 17.6 Å². The third-order valence-corrected chi connectivity index (χ3v) is 8.32. The van der Waals surface area contributed by atoms with Crippen LogP contribution < -0.4 is 14.8 Å². The summed E-state index contributed by atoms with van der Waals surface area (Å²) in [6, 6.07) is 5.41. The first-order valence-corrected chi connectivity index (χ1v) is 12.9. The van der Waals surface area contributed by atoms with Crippen LogP contribution in [0.25, 0.3) is 0 Å². The number of hydrogen-bond acceptors (Lipinski definition) is 4. The normalized spacial score (nSPS) is 25.4. The average Bonchev–Trinajstić information content (AvgIpc) is 3.06. The minimum atomic E-state index is -0.420. The third kappa shape index (κ3) is 4.96. The van der Waals surface area contributed by atoms with E-state index in [-0.39, 0.29) is 11.8 Å². The van der Waals surface area contributed by atoms with Gasteiger partial charge in [-0.15, -0.1) is 0 Å². The fraction of sp³-hybridized carbons (Fsp3) is 0.643. The monoisotopic (exact) mass is 468 g/mol. The first kappa shape index (κ1) is 24.6. The minimum Gasteiger partial charge on any atom is -0.493 e. The Hall–Kier alpha value is -2.50. The van der Waals surface area contributed by atoms with E-state index in [4.69, 9.17) is 9.47 Å². The standard InChI is InChI=1S/C28H40N2O4/c1-5-26(31)30(23-8-6-7-14-29-27(23)32)18-19-9-12-24(25(16-19)33-4)34-15-13-20-10-11-21-17-22(20)28(21,2)3/h9-10,12,16,21-23H,5-8,11,13-15,17-18H2,1-4H3,(H,29,32)/t21-,22-,23-/m0/s1. The Bertz CT molecular complexity index is 938. The van der Waals surface area contributed by atoms with Crippen molar-refractivity contribution in [1.29, 1.82) is 0 Å². The largest absolute Gasteiger partial charge is 0.493 e. The molecule has 1 N–H and O–H groups in total. The highest BCUT2D eigenvalue weighted by Crippen LogP contribution is 2.59. The summed E-state index contributed by atoms with van der Waals surface area (Å²) in [7, 11) is 1.64. The number of benzene rings is 1. The maximum Gasteiger partial charge on any atom is 0.242 e. The van der Waals surface area contributed by atoms with Gasteiger partial charge in [-0.25, -0.2) is 0 Å². The van der Waals surface area contributed by atoms with Gasteiger partial charge in [0.25, 0.3) is 0 Å². The topological polar surface area (TPSA) is 67.9 Å². The Balaban J connectivity index is 1.41. The van der Waals surface area contributed by atoms with Gasteiger partial charge in [-0.3, -0.25) is 9.59 Å². The van der Waals surface area contributed by atoms with E-state index in [1.807, 2.05) is 25.1 Å². The fourth-order valence-electron chi connectivity index (χ4n) is 5.96. The number of methoxy groups -OCH3 is 1. The molecule has 0 aromatic heterocycles. The van der Waals surface area contributed by atoms with Gasteiger partial charge in [0.15, 0.2) is 11.5 Å². The molecule has 2 fully saturated rings. The molecule has 4 aliphatic rings. The van der Waals surface area contributed by atoms with Crippen LogP contribution in [0.1, 0.15) is 71.3 Å². The van der Waals surface area contributed by atoms with Crippen LogP contribution in [0, 0.1) is 17.3 Å². The van der Waals surface area contributed by atoms with Crippen molar-refractivity contribution in [3.63, 3.8) is 0 Å². The lowest BCUT2D eigenvalue weighted by Crippen LogP contribution is -2.48. The smallest absolute Gasteiger partial charge is 0.242 e. The van der Waals surface area contributed by atoms with E-state index >= 15 is 0 Å². The van der Waals surface area contributed by atoms with Gasteiger partial charge < -0.3 is 19.7 Å². The molecule has 5 rings (SSSR count). The lowest BCUT2D eigenvalue weighted by atomic mass is 9.48. The van der Waals surface area contributed by atoms with Crippen molar-refractivity contribution in [2.45, 2.75) is 78.3 Å². The Morgan fingerprint density at radius 2 is 2.06 bits per heavy atom. The van der Waals surface area contributed by atoms with Gasteiger partial charge in [-0.05, 0) is 67.1 Å². The van der Waals surface area contributed by atoms with Crippen molar-refractivity contribution in [2.24, 2.45) is 17.3 Å². The lowest BCUT2D eigenvalue weighted by molar-refractivity contribution is -0.141. The van der Waals surface area contributed by atoms with Crippen molar-refractivity contribution in [3.8, 4) is 11.5 Å². The van der Waals surface area contributed by atoms with Gasteiger partial charge in [0, 0.05) is 25.9 Å². The third-order valence-electron chi connectivity index (χ3n) is 8.32. The number of allylic oxidation sites excluding steroid dienone is 1. The number of amides is 2. The Labute approximate surface area is 204 Å². The van der Waals surface area contributed by atoms with Gasteiger partial charge in [0.2, 0.25) is 11.8 Å². The second-order valence-electron chi connectivity index (χ2n) is 10.6. The fourth-order valence-corrected chi connectivity index (χ4v) is 5.96. The summed E-state index contributed by atoms with van der Waals surface area (Å²) in [5, 5.41) is 2.95. The van der Waals surface area contributed by atoms with E-state index < -0.39 is 6.04 Å². The summed E-state index contributed by atoms with van der Waals surface area (Å²) in [6.45, 7) is 8.32. The van der Waals surface area contributed by atoms with Crippen LogP contribution in [0.2, 0.25) is 0 Å². The number of nitrogens with zero attached hydrogens (tertiary/aromatic N) is 1. The number of hydrogen-bond donors (Lipinski definition) is 1. The molecule has 6 nitrogen and oxygen atoms in total. The Morgan fingerprint density at radius 1 is 1.24 bits per heavy atom. The van der Waals surface area contributed by atoms with Crippen LogP contribution in [0.15, 0.2) is 29.8 Å². The highest BCUT2D eigenvalue weighted by atomic mass is 16.5. The van der Waals surface area contributed by atoms with Crippen LogP contribution in [-0.2, 0) is 16.1 Å². The molecular weight excluding hydrogens is 428 g/mol. The number of nitrogens with one attached hydrogen (secondary N) is 1. The minimum absolute atomic E-state index is 0.0109. The second-order valence-corrected chi connectivity index (χ2v) is 10.6. The highest BCUT2D eigenvalue weighted by Gasteiger charge is 2.50. The quantitative estimate of drug-likeness (QED) is 0.526. The molecular formula is C28H40N2O4. The summed E-state index contributed by atoms with van der Waals surface area (Å²) in [5.74, 6) is 2.86. The zero-order chi connectivity index (χ0) is 24.3. The molecule has 1 aromatic rings. The van der Waals surface area contributed by atoms with Gasteiger partial charge in [0.05, 0.1) is 13.7 Å². The highest BCUT2D eigenvalue weighted by molar-refractivity contribution is 5.87. The predicted octanol–water partition coefficient (Wildman–Crippen LogP) is 4.86. The SMILES string of the molecule is CCC(=O)N(Cc1ccc(OCCC2=CC[C@H]3C[C@@H]2C3(C)C)c(OC)c1)[C@H]1CCCCNC1=O. The molecule has 3 aliphatic carbocycles. The Kier molecular flexibility index (Phi) is 7.54. The van der Waals surface area contributed by atoms with Crippen molar-refractivity contribution in [1.82, 2.24) is 10.2 Å². The number of carbonyl (C=O) groups excluding carboxylic acids is 2. The van der Waals surface area contributed by atoms with E-state index in [2.05, 4.69) is 25.2 Å². The van der Waals surface area contributed by atoms with Crippen LogP contribution in [0.3, 0.4) is 0 Å². The van der Waals surface area contributed by atoms with Crippen molar-refractivity contribution < 1.29 is 19.1 Å². The van der Waals surface area contributed by atoms with E-state index in [0.717, 1.165) is 30.7 Å². The maximum atomic E-state index is 12.7. The average molecular weight is 469 g/mol. The molecule has 3 atom stereocenters. The number of carbonyl (C=O) groups is 2. The molecule has 1 heterocycles. The van der Waals surface area contributed by atoms with Gasteiger partial charge in [0.1, 0.15) is 6.04 Å². The molecule has 186 valence electrons. The zero-order valence-electron chi connectivity index (χ0n) is 21.2. The summed E-state index contributed by atoms with van der Waals surface area (Å²) in [6.07, 6.45) is 8.85. The molecule has 1 saturated carbocycles.